The lowest BCUT2D eigenvalue weighted by Gasteiger charge is -2.34. The first kappa shape index (κ1) is 13.1. The van der Waals surface area contributed by atoms with Crippen molar-refractivity contribution in [2.45, 2.75) is 26.5 Å². The lowest BCUT2D eigenvalue weighted by Crippen LogP contribution is -2.46. The minimum atomic E-state index is -1.14. The highest BCUT2D eigenvalue weighted by Gasteiger charge is 2.60. The molecule has 1 spiro atoms. The fourth-order valence-corrected chi connectivity index (χ4v) is 3.08. The van der Waals surface area contributed by atoms with E-state index in [4.69, 9.17) is 14.0 Å². The summed E-state index contributed by atoms with van der Waals surface area (Å²) in [7, 11) is 1.82. The molecule has 1 fully saturated rings. The van der Waals surface area contributed by atoms with Gasteiger partial charge >= 0.3 is 11.9 Å². The second-order valence-electron chi connectivity index (χ2n) is 5.55. The van der Waals surface area contributed by atoms with E-state index in [0.29, 0.717) is 12.2 Å². The van der Waals surface area contributed by atoms with Crippen LogP contribution in [0.15, 0.2) is 4.52 Å². The predicted octanol–water partition coefficient (Wildman–Crippen LogP) is 0.816. The Labute approximate surface area is 115 Å². The second-order valence-corrected chi connectivity index (χ2v) is 5.55. The third kappa shape index (κ3) is 1.46. The number of fused-ring (bicyclic) bond motifs is 2. The summed E-state index contributed by atoms with van der Waals surface area (Å²) in [5.74, 6) is -1.38. The van der Waals surface area contributed by atoms with Gasteiger partial charge in [0.05, 0.1) is 0 Å². The van der Waals surface area contributed by atoms with E-state index >= 15 is 0 Å². The van der Waals surface area contributed by atoms with Crippen LogP contribution in [-0.2, 0) is 20.1 Å². The first-order valence-corrected chi connectivity index (χ1v) is 6.51. The largest absolute Gasteiger partial charge is 0.427 e. The summed E-state index contributed by atoms with van der Waals surface area (Å²) in [6.45, 7) is 6.38. The third-order valence-corrected chi connectivity index (χ3v) is 4.34. The van der Waals surface area contributed by atoms with Gasteiger partial charge in [-0.25, -0.2) is 9.59 Å². The summed E-state index contributed by atoms with van der Waals surface area (Å²) < 4.78 is 15.9. The summed E-state index contributed by atoms with van der Waals surface area (Å²) in [5.41, 5.74) is -0.717. The van der Waals surface area contributed by atoms with Crippen LogP contribution in [0.25, 0.3) is 0 Å². The van der Waals surface area contributed by atoms with Crippen LogP contribution in [0.1, 0.15) is 25.3 Å². The normalized spacial score (nSPS) is 33.8. The highest BCUT2D eigenvalue weighted by Crippen LogP contribution is 2.50. The maximum Gasteiger partial charge on any atom is 0.423 e. The molecule has 2 aliphatic rings. The van der Waals surface area contributed by atoms with Gasteiger partial charge in [0.25, 0.3) is 0 Å². The van der Waals surface area contributed by atoms with Crippen molar-refractivity contribution in [3.8, 4) is 5.75 Å². The number of ether oxygens (including phenoxy) is 2. The first-order chi connectivity index (χ1) is 9.37. The number of carbonyl (C=O) groups excluding carboxylic acids is 2. The van der Waals surface area contributed by atoms with Crippen LogP contribution in [0, 0.1) is 18.8 Å². The van der Waals surface area contributed by atoms with Crippen LogP contribution in [0.4, 0.5) is 0 Å². The van der Waals surface area contributed by atoms with Crippen LogP contribution in [0.2, 0.25) is 0 Å². The quantitative estimate of drug-likeness (QED) is 0.514. The zero-order chi connectivity index (χ0) is 14.7. The van der Waals surface area contributed by atoms with Gasteiger partial charge in [0, 0.05) is 12.5 Å². The molecule has 0 saturated carbocycles. The highest BCUT2D eigenvalue weighted by atomic mass is 16.6. The molecular formula is C13H16N2O5. The molecule has 3 atom stereocenters. The lowest BCUT2D eigenvalue weighted by molar-refractivity contribution is -0.195. The molecule has 1 aromatic rings. The lowest BCUT2D eigenvalue weighted by atomic mass is 9.88. The number of esters is 2. The molecule has 0 bridgehead atoms. The summed E-state index contributed by atoms with van der Waals surface area (Å²) in [4.78, 5) is 25.4. The summed E-state index contributed by atoms with van der Waals surface area (Å²) in [5, 5.41) is 3.84. The number of hydrogen-bond acceptors (Lipinski definition) is 7. The zero-order valence-electron chi connectivity index (χ0n) is 11.8. The molecule has 1 aromatic heterocycles. The fourth-order valence-electron chi connectivity index (χ4n) is 3.08. The second kappa shape index (κ2) is 4.05. The highest BCUT2D eigenvalue weighted by molar-refractivity contribution is 6.30. The van der Waals surface area contributed by atoms with Crippen LogP contribution in [0.3, 0.4) is 0 Å². The molecule has 1 saturated heterocycles. The Morgan fingerprint density at radius 1 is 1.30 bits per heavy atom. The average molecular weight is 280 g/mol. The van der Waals surface area contributed by atoms with Gasteiger partial charge in [-0.1, -0.05) is 19.0 Å². The topological polar surface area (TPSA) is 81.9 Å². The van der Waals surface area contributed by atoms with Gasteiger partial charge < -0.3 is 14.0 Å². The van der Waals surface area contributed by atoms with E-state index in [9.17, 15) is 9.59 Å². The SMILES string of the molecule is Cc1noc2c1OC(=O)C(=O)OC21C(C)C(C)CN1C. The molecule has 20 heavy (non-hydrogen) atoms. The van der Waals surface area contributed by atoms with Gasteiger partial charge in [-0.2, -0.15) is 0 Å². The molecule has 3 heterocycles. The Hall–Kier alpha value is -1.89. The maximum absolute atomic E-state index is 11.9. The van der Waals surface area contributed by atoms with E-state index < -0.39 is 17.7 Å². The van der Waals surface area contributed by atoms with Gasteiger partial charge in [-0.05, 0) is 19.9 Å². The average Bonchev–Trinajstić information content (AvgIpc) is 2.80. The Bertz CT molecular complexity index is 596. The standard InChI is InChI=1S/C13H16N2O5/c1-6-5-15(4)13(7(6)2)10-9(8(3)14-20-10)18-11(16)12(17)19-13/h6-7H,5H2,1-4H3. The summed E-state index contributed by atoms with van der Waals surface area (Å²) in [6, 6.07) is 0. The van der Waals surface area contributed by atoms with Crippen molar-refractivity contribution in [3.63, 3.8) is 0 Å². The Balaban J connectivity index is 2.24. The number of rotatable bonds is 0. The molecule has 2 aliphatic heterocycles. The zero-order valence-corrected chi connectivity index (χ0v) is 11.8. The van der Waals surface area contributed by atoms with Gasteiger partial charge in [-0.15, -0.1) is 0 Å². The van der Waals surface area contributed by atoms with Gasteiger partial charge in [0.15, 0.2) is 0 Å². The minimum absolute atomic E-state index is 0.0583. The Kier molecular flexibility index (Phi) is 2.66. The number of aromatic nitrogens is 1. The minimum Gasteiger partial charge on any atom is -0.427 e. The van der Waals surface area contributed by atoms with Crippen LogP contribution < -0.4 is 4.74 Å². The van der Waals surface area contributed by atoms with Crippen molar-refractivity contribution in [2.75, 3.05) is 13.6 Å². The third-order valence-electron chi connectivity index (χ3n) is 4.34. The smallest absolute Gasteiger partial charge is 0.423 e. The van der Waals surface area contributed by atoms with E-state index in [0.717, 1.165) is 0 Å². The molecular weight excluding hydrogens is 264 g/mol. The molecule has 3 rings (SSSR count). The molecule has 7 heteroatoms. The van der Waals surface area contributed by atoms with Gasteiger partial charge in [-0.3, -0.25) is 4.90 Å². The van der Waals surface area contributed by atoms with Crippen molar-refractivity contribution in [3.05, 3.63) is 11.5 Å². The van der Waals surface area contributed by atoms with Gasteiger partial charge in [0.1, 0.15) is 5.69 Å². The van der Waals surface area contributed by atoms with E-state index in [2.05, 4.69) is 12.1 Å². The summed E-state index contributed by atoms with van der Waals surface area (Å²) in [6.07, 6.45) is 0. The van der Waals surface area contributed by atoms with E-state index in [-0.39, 0.29) is 23.3 Å². The van der Waals surface area contributed by atoms with Crippen molar-refractivity contribution in [1.82, 2.24) is 10.1 Å². The molecule has 0 aromatic carbocycles. The van der Waals surface area contributed by atoms with Crippen LogP contribution in [-0.4, -0.2) is 35.6 Å². The molecule has 3 unspecified atom stereocenters. The predicted molar refractivity (Wildman–Crippen MR) is 65.6 cm³/mol. The molecule has 108 valence electrons. The molecule has 0 amide bonds. The van der Waals surface area contributed by atoms with E-state index in [1.165, 1.54) is 0 Å². The summed E-state index contributed by atoms with van der Waals surface area (Å²) >= 11 is 0. The number of aryl methyl sites for hydroxylation is 1. The molecule has 0 aliphatic carbocycles. The number of likely N-dealkylation sites (tertiary alicyclic amines) is 1. The number of hydrogen-bond donors (Lipinski definition) is 0. The number of nitrogens with zero attached hydrogens (tertiary/aromatic N) is 2. The maximum atomic E-state index is 11.9. The molecule has 0 N–H and O–H groups in total. The van der Waals surface area contributed by atoms with Crippen molar-refractivity contribution < 1.29 is 23.6 Å². The van der Waals surface area contributed by atoms with Crippen molar-refractivity contribution >= 4 is 11.9 Å². The fraction of sp³-hybridized carbons (Fsp3) is 0.615. The van der Waals surface area contributed by atoms with Crippen LogP contribution >= 0.6 is 0 Å². The van der Waals surface area contributed by atoms with E-state index in [1.54, 1.807) is 6.92 Å². The van der Waals surface area contributed by atoms with Crippen LogP contribution in [0.5, 0.6) is 5.75 Å². The Morgan fingerprint density at radius 3 is 2.60 bits per heavy atom. The number of carbonyl (C=O) groups is 2. The first-order valence-electron chi connectivity index (χ1n) is 6.51. The Morgan fingerprint density at radius 2 is 2.00 bits per heavy atom. The molecule has 7 nitrogen and oxygen atoms in total. The van der Waals surface area contributed by atoms with Crippen molar-refractivity contribution in [1.29, 1.82) is 0 Å². The monoisotopic (exact) mass is 280 g/mol. The van der Waals surface area contributed by atoms with E-state index in [1.807, 2.05) is 18.9 Å². The van der Waals surface area contributed by atoms with Crippen molar-refractivity contribution in [2.24, 2.45) is 11.8 Å². The molecule has 0 radical (unpaired) electrons. The van der Waals surface area contributed by atoms with Gasteiger partial charge in [0.2, 0.25) is 17.2 Å².